The summed E-state index contributed by atoms with van der Waals surface area (Å²) in [4.78, 5) is 1.05. The summed E-state index contributed by atoms with van der Waals surface area (Å²) in [5.74, 6) is 6.65. The average molecular weight is 575 g/mol. The van der Waals surface area contributed by atoms with Crippen LogP contribution in [0.4, 0.5) is 24.5 Å². The molecule has 3 aromatic rings. The fourth-order valence-corrected chi connectivity index (χ4v) is 5.78. The molecule has 40 heavy (non-hydrogen) atoms. The lowest BCUT2D eigenvalue weighted by Crippen LogP contribution is -2.30. The third-order valence-electron chi connectivity index (χ3n) is 6.83. The van der Waals surface area contributed by atoms with Crippen LogP contribution in [0, 0.1) is 11.8 Å². The van der Waals surface area contributed by atoms with E-state index in [1.165, 1.54) is 4.57 Å². The molecule has 0 unspecified atom stereocenters. The van der Waals surface area contributed by atoms with Gasteiger partial charge >= 0.3 is 6.18 Å². The first-order valence-corrected chi connectivity index (χ1v) is 14.1. The predicted octanol–water partition coefficient (Wildman–Crippen LogP) is 5.61. The number of anilines is 2. The molecular weight excluding hydrogens is 541 g/mol. The maximum absolute atomic E-state index is 13.5. The van der Waals surface area contributed by atoms with Gasteiger partial charge in [-0.25, -0.2) is 4.31 Å². The SMILES string of the molecule is COc1cc(SN2CCOCC2)ccc1NCC#Cc1cc2c(NC3CCOCC3)cccc2n1CC(F)(F)F. The van der Waals surface area contributed by atoms with Crippen LogP contribution in [0.5, 0.6) is 5.75 Å². The molecule has 2 N–H and O–H groups in total. The highest BCUT2D eigenvalue weighted by Gasteiger charge is 2.30. The van der Waals surface area contributed by atoms with Crippen molar-refractivity contribution in [1.82, 2.24) is 8.87 Å². The first-order valence-electron chi connectivity index (χ1n) is 13.3. The number of morpholine rings is 1. The van der Waals surface area contributed by atoms with Crippen molar-refractivity contribution in [3.63, 3.8) is 0 Å². The van der Waals surface area contributed by atoms with Gasteiger partial charge < -0.3 is 29.4 Å². The van der Waals surface area contributed by atoms with Gasteiger partial charge in [-0.05, 0) is 67.1 Å². The fourth-order valence-electron chi connectivity index (χ4n) is 4.86. The number of halogens is 3. The van der Waals surface area contributed by atoms with Crippen molar-refractivity contribution in [2.75, 3.05) is 63.8 Å². The number of nitrogens with zero attached hydrogens (tertiary/aromatic N) is 2. The van der Waals surface area contributed by atoms with Crippen molar-refractivity contribution in [2.45, 2.75) is 36.5 Å². The van der Waals surface area contributed by atoms with E-state index in [2.05, 4.69) is 26.8 Å². The van der Waals surface area contributed by atoms with Gasteiger partial charge in [-0.15, -0.1) is 0 Å². The van der Waals surface area contributed by atoms with Crippen LogP contribution >= 0.6 is 11.9 Å². The van der Waals surface area contributed by atoms with E-state index in [1.54, 1.807) is 37.3 Å². The maximum atomic E-state index is 13.5. The molecule has 0 atom stereocenters. The summed E-state index contributed by atoms with van der Waals surface area (Å²) in [6, 6.07) is 13.3. The molecule has 0 aliphatic carbocycles. The summed E-state index contributed by atoms with van der Waals surface area (Å²) in [6.45, 7) is 3.65. The lowest BCUT2D eigenvalue weighted by atomic mass is 10.1. The van der Waals surface area contributed by atoms with Gasteiger partial charge in [0.25, 0.3) is 0 Å². The number of alkyl halides is 3. The van der Waals surface area contributed by atoms with Crippen LogP contribution in [0.3, 0.4) is 0 Å². The van der Waals surface area contributed by atoms with Gasteiger partial charge in [0, 0.05) is 48.3 Å². The normalized spacial score (nSPS) is 16.9. The molecule has 2 aromatic carbocycles. The Morgan fingerprint density at radius 3 is 2.55 bits per heavy atom. The zero-order valence-electron chi connectivity index (χ0n) is 22.4. The number of ether oxygens (including phenoxy) is 3. The molecule has 0 radical (unpaired) electrons. The molecule has 5 rings (SSSR count). The summed E-state index contributed by atoms with van der Waals surface area (Å²) in [6.07, 6.45) is -2.66. The van der Waals surface area contributed by atoms with Gasteiger partial charge in [-0.3, -0.25) is 0 Å². The minimum absolute atomic E-state index is 0.220. The minimum Gasteiger partial charge on any atom is -0.495 e. The molecule has 7 nitrogen and oxygen atoms in total. The number of fused-ring (bicyclic) bond motifs is 1. The highest BCUT2D eigenvalue weighted by atomic mass is 32.2. The summed E-state index contributed by atoms with van der Waals surface area (Å²) in [5, 5.41) is 7.46. The number of nitrogens with one attached hydrogen (secondary N) is 2. The van der Waals surface area contributed by atoms with Crippen LogP contribution in [0.15, 0.2) is 47.4 Å². The fraction of sp³-hybridized carbons (Fsp3) is 0.448. The first kappa shape index (κ1) is 28.5. The second-order valence-electron chi connectivity index (χ2n) is 9.65. The van der Waals surface area contributed by atoms with Crippen LogP contribution in [-0.2, 0) is 16.0 Å². The quantitative estimate of drug-likeness (QED) is 0.268. The van der Waals surface area contributed by atoms with Gasteiger partial charge in [-0.1, -0.05) is 12.0 Å². The lowest BCUT2D eigenvalue weighted by Gasteiger charge is -2.25. The van der Waals surface area contributed by atoms with Crippen molar-refractivity contribution in [3.8, 4) is 17.6 Å². The van der Waals surface area contributed by atoms with Crippen molar-refractivity contribution in [3.05, 3.63) is 48.2 Å². The van der Waals surface area contributed by atoms with Gasteiger partial charge in [0.05, 0.1) is 43.8 Å². The van der Waals surface area contributed by atoms with E-state index in [1.807, 2.05) is 24.3 Å². The van der Waals surface area contributed by atoms with Crippen LogP contribution in [0.2, 0.25) is 0 Å². The Balaban J connectivity index is 1.32. The summed E-state index contributed by atoms with van der Waals surface area (Å²) in [5.41, 5.74) is 2.40. The third kappa shape index (κ3) is 7.37. The highest BCUT2D eigenvalue weighted by Crippen LogP contribution is 2.33. The summed E-state index contributed by atoms with van der Waals surface area (Å²) < 4.78 is 60.5. The zero-order chi connectivity index (χ0) is 28.0. The van der Waals surface area contributed by atoms with E-state index in [9.17, 15) is 13.2 Å². The Bertz CT molecular complexity index is 1360. The number of benzene rings is 2. The van der Waals surface area contributed by atoms with Crippen molar-refractivity contribution in [2.24, 2.45) is 0 Å². The Morgan fingerprint density at radius 2 is 1.80 bits per heavy atom. The van der Waals surface area contributed by atoms with Gasteiger partial charge in [0.15, 0.2) is 0 Å². The number of rotatable bonds is 8. The molecule has 2 fully saturated rings. The number of hydrogen-bond donors (Lipinski definition) is 2. The van der Waals surface area contributed by atoms with E-state index in [0.29, 0.717) is 30.2 Å². The topological polar surface area (TPSA) is 59.9 Å². The van der Waals surface area contributed by atoms with Crippen molar-refractivity contribution < 1.29 is 27.4 Å². The number of aromatic nitrogens is 1. The van der Waals surface area contributed by atoms with E-state index >= 15 is 0 Å². The molecular formula is C29H33F3N4O3S. The first-order chi connectivity index (χ1) is 19.4. The van der Waals surface area contributed by atoms with E-state index in [4.69, 9.17) is 14.2 Å². The second-order valence-corrected chi connectivity index (χ2v) is 10.8. The minimum atomic E-state index is -4.38. The Labute approximate surface area is 236 Å². The molecule has 2 aliphatic rings. The maximum Gasteiger partial charge on any atom is 0.406 e. The third-order valence-corrected chi connectivity index (χ3v) is 7.91. The van der Waals surface area contributed by atoms with Gasteiger partial charge in [0.2, 0.25) is 0 Å². The van der Waals surface area contributed by atoms with Crippen LogP contribution in [0.1, 0.15) is 18.5 Å². The number of hydrogen-bond acceptors (Lipinski definition) is 7. The van der Waals surface area contributed by atoms with Crippen LogP contribution in [-0.4, -0.2) is 74.3 Å². The summed E-state index contributed by atoms with van der Waals surface area (Å²) in [7, 11) is 1.61. The van der Waals surface area contributed by atoms with Crippen LogP contribution < -0.4 is 15.4 Å². The average Bonchev–Trinajstić information content (AvgIpc) is 3.29. The molecule has 1 aromatic heterocycles. The molecule has 0 bridgehead atoms. The van der Waals surface area contributed by atoms with Gasteiger partial charge in [-0.2, -0.15) is 13.2 Å². The van der Waals surface area contributed by atoms with E-state index in [0.717, 1.165) is 60.8 Å². The summed E-state index contributed by atoms with van der Waals surface area (Å²) >= 11 is 1.66. The second kappa shape index (κ2) is 13.1. The lowest BCUT2D eigenvalue weighted by molar-refractivity contribution is -0.140. The molecule has 2 aliphatic heterocycles. The molecule has 3 heterocycles. The van der Waals surface area contributed by atoms with Gasteiger partial charge in [0.1, 0.15) is 12.3 Å². The standard InChI is InChI=1S/C29H33F3N4O3S/c1-37-28-19-23(40-35-12-16-39-17-13-35)7-8-26(28)33-11-3-4-22-18-24-25(34-21-9-14-38-15-10-21)5-2-6-27(24)36(22)20-29(30,31)32/h2,5-8,18-19,21,33-34H,9-17,20H2,1H3. The Kier molecular flexibility index (Phi) is 9.32. The van der Waals surface area contributed by atoms with Crippen molar-refractivity contribution >= 4 is 34.2 Å². The highest BCUT2D eigenvalue weighted by molar-refractivity contribution is 7.97. The van der Waals surface area contributed by atoms with E-state index < -0.39 is 12.7 Å². The Morgan fingerprint density at radius 1 is 1.02 bits per heavy atom. The number of methoxy groups -OCH3 is 1. The van der Waals surface area contributed by atoms with E-state index in [-0.39, 0.29) is 12.6 Å². The monoisotopic (exact) mass is 574 g/mol. The van der Waals surface area contributed by atoms with Crippen molar-refractivity contribution in [1.29, 1.82) is 0 Å². The smallest absolute Gasteiger partial charge is 0.406 e. The molecule has 11 heteroatoms. The zero-order valence-corrected chi connectivity index (χ0v) is 23.2. The molecule has 214 valence electrons. The molecule has 2 saturated heterocycles. The Hall–Kier alpha value is -3.04. The molecule has 0 saturated carbocycles. The van der Waals surface area contributed by atoms with Crippen LogP contribution in [0.25, 0.3) is 10.9 Å². The largest absolute Gasteiger partial charge is 0.495 e. The molecule has 0 spiro atoms. The molecule has 0 amide bonds. The predicted molar refractivity (Wildman–Crippen MR) is 152 cm³/mol.